The highest BCUT2D eigenvalue weighted by molar-refractivity contribution is 7.90. The molecule has 1 atom stereocenters. The third-order valence-corrected chi connectivity index (χ3v) is 5.13. The molecule has 1 aliphatic rings. The quantitative estimate of drug-likeness (QED) is 0.510. The smallest absolute Gasteiger partial charge is 0.175 e. The first-order valence-electron chi connectivity index (χ1n) is 7.47. The molecule has 5 heteroatoms. The zero-order chi connectivity index (χ0) is 15.3. The van der Waals surface area contributed by atoms with Crippen LogP contribution in [0.1, 0.15) is 50.1 Å². The van der Waals surface area contributed by atoms with Crippen LogP contribution in [0.5, 0.6) is 0 Å². The van der Waals surface area contributed by atoms with E-state index in [0.717, 1.165) is 18.4 Å². The van der Waals surface area contributed by atoms with E-state index in [-0.39, 0.29) is 6.04 Å². The van der Waals surface area contributed by atoms with Crippen molar-refractivity contribution < 1.29 is 8.42 Å². The zero-order valence-corrected chi connectivity index (χ0v) is 13.3. The average Bonchev–Trinajstić information content (AvgIpc) is 2.41. The predicted octanol–water partition coefficient (Wildman–Crippen LogP) is 2.88. The van der Waals surface area contributed by atoms with Crippen molar-refractivity contribution in [3.05, 3.63) is 41.5 Å². The highest BCUT2D eigenvalue weighted by Crippen LogP contribution is 2.28. The standard InChI is InChI=1S/C16H24N2O2S/c1-21(19,20)15-11-9-14(10-12-15)16(18-17)13-7-5-3-2-4-6-8-13/h7,9-12,16,18H,2-6,8,17H2,1H3/b13-7+. The lowest BCUT2D eigenvalue weighted by molar-refractivity contribution is 0.555. The lowest BCUT2D eigenvalue weighted by Gasteiger charge is -2.22. The molecular formula is C16H24N2O2S. The van der Waals surface area contributed by atoms with Gasteiger partial charge in [-0.2, -0.15) is 0 Å². The molecule has 0 saturated carbocycles. The summed E-state index contributed by atoms with van der Waals surface area (Å²) in [6.45, 7) is 0. The van der Waals surface area contributed by atoms with Crippen molar-refractivity contribution in [1.29, 1.82) is 0 Å². The molecule has 0 heterocycles. The Bertz CT molecular complexity index is 591. The van der Waals surface area contributed by atoms with E-state index >= 15 is 0 Å². The molecule has 0 bridgehead atoms. The van der Waals surface area contributed by atoms with Gasteiger partial charge < -0.3 is 0 Å². The van der Waals surface area contributed by atoms with Crippen LogP contribution in [0.2, 0.25) is 0 Å². The van der Waals surface area contributed by atoms with Crippen LogP contribution in [-0.2, 0) is 9.84 Å². The molecule has 116 valence electrons. The summed E-state index contributed by atoms with van der Waals surface area (Å²) < 4.78 is 23.0. The van der Waals surface area contributed by atoms with Crippen LogP contribution in [0.25, 0.3) is 0 Å². The van der Waals surface area contributed by atoms with Crippen LogP contribution in [0, 0.1) is 0 Å². The van der Waals surface area contributed by atoms with Crippen molar-refractivity contribution in [2.45, 2.75) is 49.5 Å². The number of sulfone groups is 1. The fourth-order valence-corrected chi connectivity index (χ4v) is 3.43. The first kappa shape index (κ1) is 16.2. The second kappa shape index (κ2) is 7.20. The van der Waals surface area contributed by atoms with Gasteiger partial charge in [0.15, 0.2) is 9.84 Å². The summed E-state index contributed by atoms with van der Waals surface area (Å²) in [6, 6.07) is 6.97. The van der Waals surface area contributed by atoms with Gasteiger partial charge in [-0.15, -0.1) is 0 Å². The van der Waals surface area contributed by atoms with Gasteiger partial charge in [0, 0.05) is 6.26 Å². The molecule has 0 fully saturated rings. The van der Waals surface area contributed by atoms with E-state index in [1.54, 1.807) is 12.1 Å². The average molecular weight is 308 g/mol. The number of hydrazine groups is 1. The van der Waals surface area contributed by atoms with Gasteiger partial charge in [0.1, 0.15) is 0 Å². The molecule has 1 aliphatic carbocycles. The lowest BCUT2D eigenvalue weighted by Crippen LogP contribution is -2.29. The van der Waals surface area contributed by atoms with Crippen LogP contribution < -0.4 is 11.3 Å². The van der Waals surface area contributed by atoms with Crippen LogP contribution in [-0.4, -0.2) is 14.7 Å². The Morgan fingerprint density at radius 1 is 1.10 bits per heavy atom. The molecule has 0 saturated heterocycles. The van der Waals surface area contributed by atoms with Crippen LogP contribution >= 0.6 is 0 Å². The lowest BCUT2D eigenvalue weighted by atomic mass is 9.91. The summed E-state index contributed by atoms with van der Waals surface area (Å²) in [7, 11) is -3.15. The number of hydrogen-bond donors (Lipinski definition) is 2. The van der Waals surface area contributed by atoms with Gasteiger partial charge in [-0.05, 0) is 43.4 Å². The highest BCUT2D eigenvalue weighted by Gasteiger charge is 2.16. The van der Waals surface area contributed by atoms with Crippen LogP contribution in [0.3, 0.4) is 0 Å². The third-order valence-electron chi connectivity index (χ3n) is 4.01. The first-order valence-corrected chi connectivity index (χ1v) is 9.36. The van der Waals surface area contributed by atoms with Crippen molar-refractivity contribution in [2.75, 3.05) is 6.26 Å². The SMILES string of the molecule is CS(=O)(=O)c1ccc(C(NN)/C2=C/CCCCCC2)cc1. The number of rotatable bonds is 4. The van der Waals surface area contributed by atoms with Gasteiger partial charge in [0.05, 0.1) is 10.9 Å². The summed E-state index contributed by atoms with van der Waals surface area (Å²) in [5.74, 6) is 5.74. The van der Waals surface area contributed by atoms with E-state index in [0.29, 0.717) is 4.90 Å². The molecular weight excluding hydrogens is 284 g/mol. The minimum absolute atomic E-state index is 0.0308. The normalized spacial score (nSPS) is 21.0. The first-order chi connectivity index (χ1) is 10.0. The number of nitrogens with one attached hydrogen (secondary N) is 1. The molecule has 4 nitrogen and oxygen atoms in total. The molecule has 1 unspecified atom stereocenters. The van der Waals surface area contributed by atoms with Crippen LogP contribution in [0.15, 0.2) is 40.8 Å². The van der Waals surface area contributed by atoms with Gasteiger partial charge in [-0.3, -0.25) is 5.84 Å². The Balaban J connectivity index is 2.24. The maximum absolute atomic E-state index is 11.5. The molecule has 0 spiro atoms. The number of hydrogen-bond acceptors (Lipinski definition) is 4. The largest absolute Gasteiger partial charge is 0.271 e. The van der Waals surface area contributed by atoms with Gasteiger partial charge in [0.25, 0.3) is 0 Å². The Kier molecular flexibility index (Phi) is 5.56. The fourth-order valence-electron chi connectivity index (χ4n) is 2.80. The van der Waals surface area contributed by atoms with Crippen molar-refractivity contribution >= 4 is 9.84 Å². The zero-order valence-electron chi connectivity index (χ0n) is 12.5. The number of nitrogens with two attached hydrogens (primary N) is 1. The van der Waals surface area contributed by atoms with Crippen molar-refractivity contribution in [3.63, 3.8) is 0 Å². The molecule has 0 aliphatic heterocycles. The molecule has 0 radical (unpaired) electrons. The van der Waals surface area contributed by atoms with E-state index in [1.165, 1.54) is 37.5 Å². The summed E-state index contributed by atoms with van der Waals surface area (Å²) in [5.41, 5.74) is 5.20. The van der Waals surface area contributed by atoms with Crippen molar-refractivity contribution in [2.24, 2.45) is 5.84 Å². The minimum Gasteiger partial charge on any atom is -0.271 e. The van der Waals surface area contributed by atoms with E-state index in [1.807, 2.05) is 12.1 Å². The van der Waals surface area contributed by atoms with Crippen LogP contribution in [0.4, 0.5) is 0 Å². The fraction of sp³-hybridized carbons (Fsp3) is 0.500. The van der Waals surface area contributed by atoms with E-state index in [2.05, 4.69) is 11.5 Å². The summed E-state index contributed by atoms with van der Waals surface area (Å²) in [5, 5.41) is 0. The summed E-state index contributed by atoms with van der Waals surface area (Å²) >= 11 is 0. The predicted molar refractivity (Wildman–Crippen MR) is 85.4 cm³/mol. The van der Waals surface area contributed by atoms with Crippen molar-refractivity contribution in [3.8, 4) is 0 Å². The van der Waals surface area contributed by atoms with E-state index in [4.69, 9.17) is 5.84 Å². The molecule has 3 N–H and O–H groups in total. The van der Waals surface area contributed by atoms with Gasteiger partial charge in [-0.1, -0.05) is 36.6 Å². The number of benzene rings is 1. The monoisotopic (exact) mass is 308 g/mol. The molecule has 1 aromatic rings. The highest BCUT2D eigenvalue weighted by atomic mass is 32.2. The van der Waals surface area contributed by atoms with E-state index in [9.17, 15) is 8.42 Å². The molecule has 2 rings (SSSR count). The second-order valence-corrected chi connectivity index (χ2v) is 7.69. The second-order valence-electron chi connectivity index (χ2n) is 5.67. The minimum atomic E-state index is -3.15. The van der Waals surface area contributed by atoms with Gasteiger partial charge in [0.2, 0.25) is 0 Å². The maximum atomic E-state index is 11.5. The molecule has 0 aromatic heterocycles. The molecule has 1 aromatic carbocycles. The Morgan fingerprint density at radius 3 is 2.38 bits per heavy atom. The maximum Gasteiger partial charge on any atom is 0.175 e. The Hall–Kier alpha value is -1.17. The molecule has 0 amide bonds. The third kappa shape index (κ3) is 4.40. The number of allylic oxidation sites excluding steroid dienone is 1. The summed E-state index contributed by atoms with van der Waals surface area (Å²) in [4.78, 5) is 0.341. The van der Waals surface area contributed by atoms with Crippen molar-refractivity contribution in [1.82, 2.24) is 5.43 Å². The summed E-state index contributed by atoms with van der Waals surface area (Å²) in [6.07, 6.45) is 10.6. The Morgan fingerprint density at radius 2 is 1.76 bits per heavy atom. The Labute approximate surface area is 127 Å². The topological polar surface area (TPSA) is 72.2 Å². The molecule has 21 heavy (non-hydrogen) atoms. The van der Waals surface area contributed by atoms with Gasteiger partial charge >= 0.3 is 0 Å². The van der Waals surface area contributed by atoms with E-state index < -0.39 is 9.84 Å². The van der Waals surface area contributed by atoms with Gasteiger partial charge in [-0.25, -0.2) is 13.8 Å².